The van der Waals surface area contributed by atoms with E-state index in [0.29, 0.717) is 16.4 Å². The topological polar surface area (TPSA) is 46.4 Å². The van der Waals surface area contributed by atoms with Gasteiger partial charge in [-0.15, -0.1) is 0 Å². The summed E-state index contributed by atoms with van der Waals surface area (Å²) in [6.45, 7) is -0.129. The Morgan fingerprint density at radius 3 is 2.44 bits per heavy atom. The van der Waals surface area contributed by atoms with Crippen molar-refractivity contribution in [2.45, 2.75) is 12.3 Å². The van der Waals surface area contributed by atoms with Crippen molar-refractivity contribution in [2.75, 3.05) is 20.6 Å². The van der Waals surface area contributed by atoms with Crippen molar-refractivity contribution in [3.05, 3.63) is 45.0 Å². The molecule has 0 radical (unpaired) electrons. The van der Waals surface area contributed by atoms with Gasteiger partial charge in [0.05, 0.1) is 10.9 Å². The Balaban J connectivity index is 2.87. The highest BCUT2D eigenvalue weighted by Gasteiger charge is 2.20. The molecule has 0 spiro atoms. The molecule has 4 nitrogen and oxygen atoms in total. The monoisotopic (exact) mass is 286 g/mol. The zero-order chi connectivity index (χ0) is 13.7. The van der Waals surface area contributed by atoms with Crippen molar-refractivity contribution in [3.63, 3.8) is 0 Å². The van der Waals surface area contributed by atoms with Gasteiger partial charge in [0.2, 0.25) is 6.54 Å². The smallest absolute Gasteiger partial charge is 0.211 e. The molecular weight excluding hydrogens is 272 g/mol. The van der Waals surface area contributed by atoms with Gasteiger partial charge in [0.1, 0.15) is 0 Å². The van der Waals surface area contributed by atoms with Crippen molar-refractivity contribution in [2.24, 2.45) is 0 Å². The Bertz CT molecular complexity index is 434. The lowest BCUT2D eigenvalue weighted by atomic mass is 9.95. The van der Waals surface area contributed by atoms with Gasteiger partial charge in [0.25, 0.3) is 0 Å². The van der Waals surface area contributed by atoms with Crippen molar-refractivity contribution in [3.8, 4) is 0 Å². The molecule has 0 amide bonds. The minimum absolute atomic E-state index is 0.129. The third kappa shape index (κ3) is 4.58. The van der Waals surface area contributed by atoms with Crippen LogP contribution in [-0.4, -0.2) is 35.5 Å². The van der Waals surface area contributed by atoms with E-state index in [-0.39, 0.29) is 17.4 Å². The molecule has 0 N–H and O–H groups in total. The first-order valence-electron chi connectivity index (χ1n) is 5.47. The summed E-state index contributed by atoms with van der Waals surface area (Å²) in [5, 5.41) is 11.3. The third-order valence-electron chi connectivity index (χ3n) is 2.63. The van der Waals surface area contributed by atoms with E-state index >= 15 is 0 Å². The van der Waals surface area contributed by atoms with Crippen molar-refractivity contribution >= 4 is 28.8 Å². The number of nitro groups is 1. The number of hydrogen-bond donors (Lipinski definition) is 0. The highest BCUT2D eigenvalue weighted by molar-refractivity contribution is 7.80. The molecule has 98 valence electrons. The highest BCUT2D eigenvalue weighted by atomic mass is 35.5. The van der Waals surface area contributed by atoms with Crippen LogP contribution >= 0.6 is 23.8 Å². The molecule has 0 heterocycles. The van der Waals surface area contributed by atoms with Crippen LogP contribution in [-0.2, 0) is 0 Å². The molecule has 0 aromatic heterocycles. The molecule has 6 heteroatoms. The molecule has 1 atom stereocenters. The van der Waals surface area contributed by atoms with Crippen LogP contribution in [0.25, 0.3) is 0 Å². The molecule has 18 heavy (non-hydrogen) atoms. The average molecular weight is 287 g/mol. The fourth-order valence-corrected chi connectivity index (χ4v) is 1.92. The summed E-state index contributed by atoms with van der Waals surface area (Å²) in [6.07, 6.45) is 0.491. The van der Waals surface area contributed by atoms with E-state index in [4.69, 9.17) is 23.8 Å². The van der Waals surface area contributed by atoms with Crippen molar-refractivity contribution < 1.29 is 4.92 Å². The maximum atomic E-state index is 10.7. The van der Waals surface area contributed by atoms with Gasteiger partial charge in [-0.05, 0) is 17.7 Å². The number of benzene rings is 1. The van der Waals surface area contributed by atoms with Crippen LogP contribution in [0.3, 0.4) is 0 Å². The SMILES string of the molecule is CN(C)C(=S)C[C@@H](C[N+](=O)[O-])c1ccc(Cl)cc1. The molecule has 1 aromatic carbocycles. The molecule has 1 rings (SSSR count). The third-order valence-corrected chi connectivity index (χ3v) is 3.41. The van der Waals surface area contributed by atoms with E-state index < -0.39 is 0 Å². The van der Waals surface area contributed by atoms with Crippen LogP contribution in [0.2, 0.25) is 5.02 Å². The lowest BCUT2D eigenvalue weighted by Crippen LogP contribution is -2.24. The first-order chi connectivity index (χ1) is 8.40. The standard InChI is InChI=1S/C12H15ClN2O2S/c1-14(2)12(18)7-10(8-15(16)17)9-3-5-11(13)6-4-9/h3-6,10H,7-8H2,1-2H3/t10-/m0/s1. The molecule has 0 saturated heterocycles. The van der Waals surface area contributed by atoms with Crippen LogP contribution in [0.5, 0.6) is 0 Å². The first kappa shape index (κ1) is 14.9. The van der Waals surface area contributed by atoms with E-state index in [0.717, 1.165) is 5.56 Å². The van der Waals surface area contributed by atoms with Crippen molar-refractivity contribution in [1.82, 2.24) is 4.90 Å². The number of rotatable bonds is 5. The quantitative estimate of drug-likeness (QED) is 0.474. The molecule has 0 unspecified atom stereocenters. The van der Waals surface area contributed by atoms with E-state index in [1.807, 2.05) is 26.2 Å². The van der Waals surface area contributed by atoms with Crippen LogP contribution in [0.1, 0.15) is 17.9 Å². The summed E-state index contributed by atoms with van der Waals surface area (Å²) < 4.78 is 0. The molecule has 0 saturated carbocycles. The van der Waals surface area contributed by atoms with E-state index in [1.54, 1.807) is 17.0 Å². The summed E-state index contributed by atoms with van der Waals surface area (Å²) in [7, 11) is 3.68. The maximum Gasteiger partial charge on any atom is 0.211 e. The molecule has 0 fully saturated rings. The van der Waals surface area contributed by atoms with Crippen molar-refractivity contribution in [1.29, 1.82) is 0 Å². The normalized spacial score (nSPS) is 11.9. The second kappa shape index (κ2) is 6.66. The van der Waals surface area contributed by atoms with Crippen LogP contribution in [0, 0.1) is 10.1 Å². The number of nitrogens with zero attached hydrogens (tertiary/aromatic N) is 2. The Hall–Kier alpha value is -1.20. The van der Waals surface area contributed by atoms with Gasteiger partial charge in [-0.3, -0.25) is 10.1 Å². The largest absolute Gasteiger partial charge is 0.372 e. The van der Waals surface area contributed by atoms with Gasteiger partial charge in [0, 0.05) is 30.5 Å². The van der Waals surface area contributed by atoms with E-state index in [9.17, 15) is 10.1 Å². The lowest BCUT2D eigenvalue weighted by molar-refractivity contribution is -0.483. The Kier molecular flexibility index (Phi) is 5.50. The highest BCUT2D eigenvalue weighted by Crippen LogP contribution is 2.23. The molecule has 0 bridgehead atoms. The Morgan fingerprint density at radius 2 is 2.00 bits per heavy atom. The zero-order valence-corrected chi connectivity index (χ0v) is 11.9. The van der Waals surface area contributed by atoms with Gasteiger partial charge in [-0.1, -0.05) is 36.0 Å². The summed E-state index contributed by atoms with van der Waals surface area (Å²) in [6, 6.07) is 7.11. The molecule has 1 aromatic rings. The Labute approximate surface area is 117 Å². The molecule has 0 aliphatic rings. The number of hydrogen-bond acceptors (Lipinski definition) is 3. The molecular formula is C12H15ClN2O2S. The summed E-state index contributed by atoms with van der Waals surface area (Å²) in [4.78, 5) is 12.9. The van der Waals surface area contributed by atoms with Gasteiger partial charge >= 0.3 is 0 Å². The second-order valence-corrected chi connectivity index (χ2v) is 5.16. The molecule has 0 aliphatic carbocycles. The number of thiocarbonyl (C=S) groups is 1. The summed E-state index contributed by atoms with van der Waals surface area (Å²) in [5.74, 6) is -0.216. The van der Waals surface area contributed by atoms with E-state index in [2.05, 4.69) is 0 Å². The second-order valence-electron chi connectivity index (χ2n) is 4.26. The van der Waals surface area contributed by atoms with Gasteiger partial charge < -0.3 is 4.90 Å². The van der Waals surface area contributed by atoms with Gasteiger partial charge in [-0.2, -0.15) is 0 Å². The first-order valence-corrected chi connectivity index (χ1v) is 6.26. The van der Waals surface area contributed by atoms with Crippen LogP contribution in [0.4, 0.5) is 0 Å². The summed E-state index contributed by atoms with van der Waals surface area (Å²) >= 11 is 11.0. The zero-order valence-electron chi connectivity index (χ0n) is 10.3. The van der Waals surface area contributed by atoms with Crippen LogP contribution < -0.4 is 0 Å². The van der Waals surface area contributed by atoms with Crippen LogP contribution in [0.15, 0.2) is 24.3 Å². The fourth-order valence-electron chi connectivity index (χ4n) is 1.60. The maximum absolute atomic E-state index is 10.7. The average Bonchev–Trinajstić information content (AvgIpc) is 2.28. The predicted molar refractivity (Wildman–Crippen MR) is 77.0 cm³/mol. The fraction of sp³-hybridized carbons (Fsp3) is 0.417. The predicted octanol–water partition coefficient (Wildman–Crippen LogP) is 2.98. The van der Waals surface area contributed by atoms with E-state index in [1.165, 1.54) is 0 Å². The number of halogens is 1. The summed E-state index contributed by atoms with van der Waals surface area (Å²) in [5.41, 5.74) is 0.889. The molecule has 0 aliphatic heterocycles. The lowest BCUT2D eigenvalue weighted by Gasteiger charge is -2.18. The minimum atomic E-state index is -0.308. The Morgan fingerprint density at radius 1 is 1.44 bits per heavy atom. The van der Waals surface area contributed by atoms with Gasteiger partial charge in [0.15, 0.2) is 0 Å². The minimum Gasteiger partial charge on any atom is -0.372 e. The van der Waals surface area contributed by atoms with Gasteiger partial charge in [-0.25, -0.2) is 0 Å².